The molecule has 0 spiro atoms. The summed E-state index contributed by atoms with van der Waals surface area (Å²) in [5, 5.41) is 23.1. The van der Waals surface area contributed by atoms with Gasteiger partial charge in [0.05, 0.1) is 6.61 Å². The number of anilines is 1. The summed E-state index contributed by atoms with van der Waals surface area (Å²) in [4.78, 5) is 45.7. The van der Waals surface area contributed by atoms with E-state index in [2.05, 4.69) is 15.4 Å². The van der Waals surface area contributed by atoms with Crippen LogP contribution >= 0.6 is 0 Å². The van der Waals surface area contributed by atoms with E-state index in [1.54, 1.807) is 6.92 Å². The van der Waals surface area contributed by atoms with Gasteiger partial charge >= 0.3 is 12.1 Å². The fourth-order valence-electron chi connectivity index (χ4n) is 1.88. The van der Waals surface area contributed by atoms with Crippen molar-refractivity contribution in [3.05, 3.63) is 23.8 Å². The Morgan fingerprint density at radius 2 is 1.96 bits per heavy atom. The van der Waals surface area contributed by atoms with Crippen molar-refractivity contribution in [2.45, 2.75) is 25.8 Å². The van der Waals surface area contributed by atoms with E-state index in [0.29, 0.717) is 0 Å². The van der Waals surface area contributed by atoms with Gasteiger partial charge in [-0.15, -0.1) is 0 Å². The lowest BCUT2D eigenvalue weighted by atomic mass is 10.1. The predicted molar refractivity (Wildman–Crippen MR) is 86.1 cm³/mol. The molecule has 0 aromatic heterocycles. The third kappa shape index (κ3) is 6.37. The number of phenols is 1. The Morgan fingerprint density at radius 3 is 2.52 bits per heavy atom. The van der Waals surface area contributed by atoms with Gasteiger partial charge in [-0.25, -0.2) is 9.59 Å². The summed E-state index contributed by atoms with van der Waals surface area (Å²) in [7, 11) is 0. The van der Waals surface area contributed by atoms with Gasteiger partial charge in [0.15, 0.2) is 0 Å². The van der Waals surface area contributed by atoms with Crippen molar-refractivity contribution in [2.24, 2.45) is 5.73 Å². The summed E-state index contributed by atoms with van der Waals surface area (Å²) in [6.45, 7) is 1.68. The molecule has 136 valence electrons. The molecule has 0 aliphatic carbocycles. The number of carbonyl (C=O) groups excluding carboxylic acids is 3. The van der Waals surface area contributed by atoms with Gasteiger partial charge in [-0.2, -0.15) is 0 Å². The second-order valence-electron chi connectivity index (χ2n) is 4.95. The highest BCUT2D eigenvalue weighted by Crippen LogP contribution is 2.21. The number of carbonyl (C=O) groups is 4. The second kappa shape index (κ2) is 9.11. The highest BCUT2D eigenvalue weighted by atomic mass is 16.5. The van der Waals surface area contributed by atoms with Gasteiger partial charge < -0.3 is 31.3 Å². The van der Waals surface area contributed by atoms with Crippen LogP contribution in [0.4, 0.5) is 10.5 Å². The number of benzene rings is 1. The average Bonchev–Trinajstić information content (AvgIpc) is 2.52. The van der Waals surface area contributed by atoms with Crippen LogP contribution in [0.25, 0.3) is 0 Å². The molecule has 0 radical (unpaired) electrons. The molecule has 0 unspecified atom stereocenters. The van der Waals surface area contributed by atoms with E-state index in [1.807, 2.05) is 0 Å². The van der Waals surface area contributed by atoms with E-state index in [0.717, 1.165) is 12.1 Å². The van der Waals surface area contributed by atoms with E-state index < -0.39 is 41.2 Å². The van der Waals surface area contributed by atoms with Gasteiger partial charge in [-0.1, -0.05) is 0 Å². The average molecular weight is 353 g/mol. The Hall–Kier alpha value is -3.30. The van der Waals surface area contributed by atoms with Crippen molar-refractivity contribution in [1.29, 1.82) is 0 Å². The molecule has 3 amide bonds. The molecule has 1 aromatic carbocycles. The smallest absolute Gasteiger partial charge is 0.407 e. The number of hydrogen-bond acceptors (Lipinski definition) is 6. The van der Waals surface area contributed by atoms with Crippen molar-refractivity contribution < 1.29 is 34.1 Å². The fraction of sp³-hybridized carbons (Fsp3) is 0.333. The summed E-state index contributed by atoms with van der Waals surface area (Å²) in [5.74, 6) is -3.18. The molecule has 0 aliphatic heterocycles. The molecule has 0 heterocycles. The van der Waals surface area contributed by atoms with Crippen LogP contribution in [0.5, 0.6) is 5.75 Å². The molecule has 1 rings (SSSR count). The number of hydrogen-bond donors (Lipinski definition) is 5. The monoisotopic (exact) mass is 353 g/mol. The zero-order valence-electron chi connectivity index (χ0n) is 13.4. The van der Waals surface area contributed by atoms with E-state index in [-0.39, 0.29) is 25.1 Å². The number of ether oxygens (including phenoxy) is 1. The lowest BCUT2D eigenvalue weighted by Crippen LogP contribution is -2.44. The minimum atomic E-state index is -1.37. The minimum Gasteiger partial charge on any atom is -0.507 e. The topological polar surface area (TPSA) is 168 Å². The molecular weight excluding hydrogens is 334 g/mol. The van der Waals surface area contributed by atoms with Gasteiger partial charge in [-0.05, 0) is 31.5 Å². The predicted octanol–water partition coefficient (Wildman–Crippen LogP) is 0.409. The third-order valence-corrected chi connectivity index (χ3v) is 3.06. The van der Waals surface area contributed by atoms with Crippen LogP contribution in [-0.2, 0) is 14.3 Å². The SMILES string of the molecule is CCOC(=O)N[C@@H](CCC(N)=O)C(=O)Nc1ccc(O)c(C(=O)O)c1. The molecule has 25 heavy (non-hydrogen) atoms. The molecular formula is C15H19N3O7. The Labute approximate surface area is 143 Å². The Balaban J connectivity index is 2.89. The first-order valence-corrected chi connectivity index (χ1v) is 7.33. The Morgan fingerprint density at radius 1 is 1.28 bits per heavy atom. The van der Waals surface area contributed by atoms with Crippen molar-refractivity contribution in [1.82, 2.24) is 5.32 Å². The first-order chi connectivity index (χ1) is 11.7. The number of aromatic hydroxyl groups is 1. The van der Waals surface area contributed by atoms with E-state index in [1.165, 1.54) is 6.07 Å². The summed E-state index contributed by atoms with van der Waals surface area (Å²) in [6, 6.07) is 2.34. The van der Waals surface area contributed by atoms with E-state index in [4.69, 9.17) is 10.8 Å². The number of aromatic carboxylic acids is 1. The summed E-state index contributed by atoms with van der Waals surface area (Å²) in [6.07, 6.45) is -1.06. The van der Waals surface area contributed by atoms with Crippen LogP contribution in [0.3, 0.4) is 0 Å². The Bertz CT molecular complexity index is 675. The molecule has 0 bridgehead atoms. The van der Waals surface area contributed by atoms with Crippen molar-refractivity contribution >= 4 is 29.6 Å². The first-order valence-electron chi connectivity index (χ1n) is 7.33. The quantitative estimate of drug-likeness (QED) is 0.422. The van der Waals surface area contributed by atoms with Crippen molar-refractivity contribution in [3.8, 4) is 5.75 Å². The van der Waals surface area contributed by atoms with Crippen molar-refractivity contribution in [2.75, 3.05) is 11.9 Å². The molecule has 0 saturated heterocycles. The van der Waals surface area contributed by atoms with Gasteiger partial charge in [0.2, 0.25) is 11.8 Å². The zero-order chi connectivity index (χ0) is 19.0. The van der Waals surface area contributed by atoms with Gasteiger partial charge in [0.25, 0.3) is 0 Å². The first kappa shape index (κ1) is 19.7. The summed E-state index contributed by atoms with van der Waals surface area (Å²) in [5.41, 5.74) is 4.74. The van der Waals surface area contributed by atoms with Crippen LogP contribution in [0.15, 0.2) is 18.2 Å². The lowest BCUT2D eigenvalue weighted by Gasteiger charge is -2.18. The minimum absolute atomic E-state index is 0.0656. The molecule has 1 aromatic rings. The highest BCUT2D eigenvalue weighted by molar-refractivity contribution is 5.99. The van der Waals surface area contributed by atoms with Crippen LogP contribution in [0.1, 0.15) is 30.1 Å². The second-order valence-corrected chi connectivity index (χ2v) is 4.95. The number of primary amides is 1. The molecule has 10 nitrogen and oxygen atoms in total. The number of carboxylic acid groups (broad SMARTS) is 1. The fourth-order valence-corrected chi connectivity index (χ4v) is 1.88. The van der Waals surface area contributed by atoms with E-state index >= 15 is 0 Å². The molecule has 0 fully saturated rings. The number of alkyl carbamates (subject to hydrolysis) is 1. The zero-order valence-corrected chi connectivity index (χ0v) is 13.4. The summed E-state index contributed by atoms with van der Waals surface area (Å²) >= 11 is 0. The third-order valence-electron chi connectivity index (χ3n) is 3.06. The van der Waals surface area contributed by atoms with E-state index in [9.17, 15) is 24.3 Å². The number of amides is 3. The van der Waals surface area contributed by atoms with Crippen LogP contribution < -0.4 is 16.4 Å². The van der Waals surface area contributed by atoms with Gasteiger partial charge in [0.1, 0.15) is 17.4 Å². The highest BCUT2D eigenvalue weighted by Gasteiger charge is 2.22. The molecule has 6 N–H and O–H groups in total. The van der Waals surface area contributed by atoms with Crippen LogP contribution in [0, 0.1) is 0 Å². The maximum absolute atomic E-state index is 12.3. The molecule has 0 saturated carbocycles. The van der Waals surface area contributed by atoms with Crippen LogP contribution in [-0.4, -0.2) is 46.7 Å². The largest absolute Gasteiger partial charge is 0.507 e. The molecule has 10 heteroatoms. The van der Waals surface area contributed by atoms with Gasteiger partial charge in [-0.3, -0.25) is 9.59 Å². The lowest BCUT2D eigenvalue weighted by molar-refractivity contribution is -0.119. The maximum atomic E-state index is 12.3. The molecule has 1 atom stereocenters. The summed E-state index contributed by atoms with van der Waals surface area (Å²) < 4.78 is 4.69. The number of nitrogens with one attached hydrogen (secondary N) is 2. The maximum Gasteiger partial charge on any atom is 0.407 e. The van der Waals surface area contributed by atoms with Crippen molar-refractivity contribution in [3.63, 3.8) is 0 Å². The van der Waals surface area contributed by atoms with Crippen LogP contribution in [0.2, 0.25) is 0 Å². The Kier molecular flexibility index (Phi) is 7.19. The normalized spacial score (nSPS) is 11.2. The number of carboxylic acids is 1. The standard InChI is InChI=1S/C15H19N3O7/c1-2-25-15(24)18-10(4-6-12(16)20)13(21)17-8-3-5-11(19)9(7-8)14(22)23/h3,5,7,10,19H,2,4,6H2,1H3,(H2,16,20)(H,17,21)(H,18,24)(H,22,23)/t10-/m0/s1. The molecule has 0 aliphatic rings. The number of rotatable bonds is 8. The number of nitrogens with two attached hydrogens (primary N) is 1. The van der Waals surface area contributed by atoms with Gasteiger partial charge in [0, 0.05) is 12.1 Å².